The van der Waals surface area contributed by atoms with Crippen LogP contribution in [0.15, 0.2) is 12.2 Å². The van der Waals surface area contributed by atoms with E-state index in [1.807, 2.05) is 26.8 Å². The van der Waals surface area contributed by atoms with Crippen LogP contribution in [0.2, 0.25) is 0 Å². The molecule has 0 aliphatic rings. The van der Waals surface area contributed by atoms with Crippen molar-refractivity contribution in [1.82, 2.24) is 10.6 Å². The second-order valence-corrected chi connectivity index (χ2v) is 7.48. The summed E-state index contributed by atoms with van der Waals surface area (Å²) in [4.78, 5) is 36.2. The van der Waals surface area contributed by atoms with Crippen LogP contribution < -0.4 is 10.6 Å². The fraction of sp³-hybridized carbons (Fsp3) is 0.737. The number of allylic oxidation sites excluding steroid dienone is 1. The monoisotopic (exact) mass is 370 g/mol. The molecule has 0 spiro atoms. The number of esters is 1. The summed E-state index contributed by atoms with van der Waals surface area (Å²) in [6.45, 7) is 10.9. The van der Waals surface area contributed by atoms with Crippen LogP contribution >= 0.6 is 0 Å². The van der Waals surface area contributed by atoms with E-state index in [-0.39, 0.29) is 18.2 Å². The highest BCUT2D eigenvalue weighted by molar-refractivity contribution is 5.86. The number of methoxy groups -OCH3 is 1. The van der Waals surface area contributed by atoms with Gasteiger partial charge in [-0.1, -0.05) is 39.3 Å². The van der Waals surface area contributed by atoms with Crippen LogP contribution in [0.3, 0.4) is 0 Å². The van der Waals surface area contributed by atoms with Crippen molar-refractivity contribution >= 4 is 18.0 Å². The summed E-state index contributed by atoms with van der Waals surface area (Å²) < 4.78 is 9.90. The molecule has 26 heavy (non-hydrogen) atoms. The van der Waals surface area contributed by atoms with E-state index in [2.05, 4.69) is 15.4 Å². The lowest BCUT2D eigenvalue weighted by atomic mass is 10.0. The van der Waals surface area contributed by atoms with Gasteiger partial charge in [-0.2, -0.15) is 0 Å². The fourth-order valence-electron chi connectivity index (χ4n) is 2.10. The number of nitrogens with one attached hydrogen (secondary N) is 2. The first-order chi connectivity index (χ1) is 12.0. The summed E-state index contributed by atoms with van der Waals surface area (Å²) in [6, 6.07) is -1.27. The first kappa shape index (κ1) is 23.9. The summed E-state index contributed by atoms with van der Waals surface area (Å²) in [7, 11) is 1.30. The van der Waals surface area contributed by atoms with Crippen molar-refractivity contribution < 1.29 is 23.9 Å². The molecule has 0 aromatic heterocycles. The molecular weight excluding hydrogens is 336 g/mol. The van der Waals surface area contributed by atoms with Crippen LogP contribution in [0.25, 0.3) is 0 Å². The summed E-state index contributed by atoms with van der Waals surface area (Å²) in [6.07, 6.45) is 4.88. The third-order valence-electron chi connectivity index (χ3n) is 3.39. The van der Waals surface area contributed by atoms with E-state index in [0.29, 0.717) is 0 Å². The van der Waals surface area contributed by atoms with Gasteiger partial charge in [-0.25, -0.2) is 4.79 Å². The zero-order chi connectivity index (χ0) is 20.3. The van der Waals surface area contributed by atoms with E-state index < -0.39 is 29.7 Å². The smallest absolute Gasteiger partial charge is 0.408 e. The van der Waals surface area contributed by atoms with Crippen LogP contribution in [0.4, 0.5) is 4.79 Å². The van der Waals surface area contributed by atoms with Gasteiger partial charge in [0, 0.05) is 0 Å². The van der Waals surface area contributed by atoms with Gasteiger partial charge >= 0.3 is 12.1 Å². The van der Waals surface area contributed by atoms with Gasteiger partial charge in [0.15, 0.2) is 0 Å². The highest BCUT2D eigenvalue weighted by Gasteiger charge is 2.28. The number of amides is 2. The molecule has 7 heteroatoms. The van der Waals surface area contributed by atoms with E-state index in [0.717, 1.165) is 12.8 Å². The number of carbonyl (C=O) groups is 3. The van der Waals surface area contributed by atoms with Crippen molar-refractivity contribution in [3.8, 4) is 0 Å². The Morgan fingerprint density at radius 3 is 2.19 bits per heavy atom. The molecule has 150 valence electrons. The van der Waals surface area contributed by atoms with Gasteiger partial charge in [0.05, 0.1) is 19.6 Å². The van der Waals surface area contributed by atoms with Crippen LogP contribution in [0.5, 0.6) is 0 Å². The van der Waals surface area contributed by atoms with Gasteiger partial charge in [0.2, 0.25) is 5.91 Å². The van der Waals surface area contributed by atoms with Crippen molar-refractivity contribution in [2.24, 2.45) is 5.92 Å². The van der Waals surface area contributed by atoms with E-state index in [4.69, 9.17) is 4.74 Å². The average Bonchev–Trinajstić information content (AvgIpc) is 2.50. The molecule has 0 aliphatic heterocycles. The van der Waals surface area contributed by atoms with Crippen molar-refractivity contribution in [2.45, 2.75) is 78.5 Å². The zero-order valence-corrected chi connectivity index (χ0v) is 17.0. The Labute approximate surface area is 156 Å². The Morgan fingerprint density at radius 1 is 1.12 bits per heavy atom. The number of alkyl carbamates (subject to hydrolysis) is 1. The minimum absolute atomic E-state index is 0.0275. The molecule has 0 saturated heterocycles. The standard InChI is InChI=1S/C19H34N2O5/c1-8-9-10-11-14(12-15(22)25-7)20-17(23)16(13(2)3)21-18(24)26-19(4,5)6/h10-11,13-14,16H,8-9,12H2,1-7H3,(H,20,23)(H,21,24)/b11-10+/t14?,16-/m0/s1. The number of hydrogen-bond acceptors (Lipinski definition) is 5. The molecule has 0 saturated carbocycles. The summed E-state index contributed by atoms with van der Waals surface area (Å²) in [5.74, 6) is -0.945. The molecule has 7 nitrogen and oxygen atoms in total. The topological polar surface area (TPSA) is 93.7 Å². The molecule has 1 unspecified atom stereocenters. The molecule has 0 aromatic rings. The number of carbonyl (C=O) groups excluding carboxylic acids is 3. The molecule has 0 bridgehead atoms. The van der Waals surface area contributed by atoms with Crippen molar-refractivity contribution in [3.05, 3.63) is 12.2 Å². The first-order valence-corrected chi connectivity index (χ1v) is 9.03. The maximum absolute atomic E-state index is 12.6. The lowest BCUT2D eigenvalue weighted by Crippen LogP contribution is -2.53. The number of rotatable bonds is 9. The minimum atomic E-state index is -0.774. The molecule has 0 aliphatic carbocycles. The van der Waals surface area contributed by atoms with Crippen molar-refractivity contribution in [1.29, 1.82) is 0 Å². The Morgan fingerprint density at radius 2 is 1.73 bits per heavy atom. The van der Waals surface area contributed by atoms with E-state index in [9.17, 15) is 14.4 Å². The molecule has 2 atom stereocenters. The molecule has 0 heterocycles. The molecule has 2 amide bonds. The lowest BCUT2D eigenvalue weighted by Gasteiger charge is -2.26. The van der Waals surface area contributed by atoms with Crippen molar-refractivity contribution in [2.75, 3.05) is 7.11 Å². The maximum atomic E-state index is 12.6. The van der Waals surface area contributed by atoms with Gasteiger partial charge in [-0.15, -0.1) is 0 Å². The summed E-state index contributed by atoms with van der Waals surface area (Å²) in [5.41, 5.74) is -0.654. The van der Waals surface area contributed by atoms with Crippen molar-refractivity contribution in [3.63, 3.8) is 0 Å². The summed E-state index contributed by atoms with van der Waals surface area (Å²) >= 11 is 0. The van der Waals surface area contributed by atoms with E-state index >= 15 is 0 Å². The molecule has 0 radical (unpaired) electrons. The highest BCUT2D eigenvalue weighted by atomic mass is 16.6. The average molecular weight is 370 g/mol. The predicted octanol–water partition coefficient (Wildman–Crippen LogP) is 2.94. The third-order valence-corrected chi connectivity index (χ3v) is 3.39. The predicted molar refractivity (Wildman–Crippen MR) is 101 cm³/mol. The van der Waals surface area contributed by atoms with Gasteiger partial charge in [-0.05, 0) is 33.1 Å². The SMILES string of the molecule is CCC/C=C/C(CC(=O)OC)NC(=O)[C@@H](NC(=O)OC(C)(C)C)C(C)C. The Balaban J connectivity index is 5.05. The lowest BCUT2D eigenvalue weighted by molar-refractivity contribution is -0.141. The molecular formula is C19H34N2O5. The largest absolute Gasteiger partial charge is 0.469 e. The Bertz CT molecular complexity index is 495. The second-order valence-electron chi connectivity index (χ2n) is 7.48. The molecule has 2 N–H and O–H groups in total. The van der Waals surface area contributed by atoms with Crippen LogP contribution in [-0.4, -0.2) is 42.8 Å². The quantitative estimate of drug-likeness (QED) is 0.481. The van der Waals surface area contributed by atoms with Crippen LogP contribution in [0.1, 0.15) is 60.8 Å². The van der Waals surface area contributed by atoms with Gasteiger partial charge < -0.3 is 20.1 Å². The zero-order valence-electron chi connectivity index (χ0n) is 17.0. The normalized spacial score (nSPS) is 14.0. The molecule has 0 aromatic carbocycles. The molecule has 0 rings (SSSR count). The number of ether oxygens (including phenoxy) is 2. The number of unbranched alkanes of at least 4 members (excludes halogenated alkanes) is 1. The third kappa shape index (κ3) is 10.7. The van der Waals surface area contributed by atoms with Crippen LogP contribution in [0, 0.1) is 5.92 Å². The Kier molecular flexibility index (Phi) is 10.6. The molecule has 0 fully saturated rings. The van der Waals surface area contributed by atoms with Crippen LogP contribution in [-0.2, 0) is 19.1 Å². The minimum Gasteiger partial charge on any atom is -0.469 e. The number of hydrogen-bond donors (Lipinski definition) is 2. The van der Waals surface area contributed by atoms with E-state index in [1.54, 1.807) is 26.8 Å². The van der Waals surface area contributed by atoms with Gasteiger partial charge in [-0.3, -0.25) is 9.59 Å². The van der Waals surface area contributed by atoms with Gasteiger partial charge in [0.1, 0.15) is 11.6 Å². The fourth-order valence-corrected chi connectivity index (χ4v) is 2.10. The second kappa shape index (κ2) is 11.5. The Hall–Kier alpha value is -2.05. The van der Waals surface area contributed by atoms with E-state index in [1.165, 1.54) is 7.11 Å². The highest BCUT2D eigenvalue weighted by Crippen LogP contribution is 2.10. The first-order valence-electron chi connectivity index (χ1n) is 9.03. The van der Waals surface area contributed by atoms with Gasteiger partial charge in [0.25, 0.3) is 0 Å². The maximum Gasteiger partial charge on any atom is 0.408 e. The summed E-state index contributed by atoms with van der Waals surface area (Å²) in [5, 5.41) is 5.39.